The largest absolute Gasteiger partial charge is 0.326 e. The first kappa shape index (κ1) is 16.2. The summed E-state index contributed by atoms with van der Waals surface area (Å²) in [6.45, 7) is 2.64. The molecule has 124 valence electrons. The van der Waals surface area contributed by atoms with Crippen LogP contribution in [0.5, 0.6) is 0 Å². The number of amides is 2. The van der Waals surface area contributed by atoms with E-state index in [4.69, 9.17) is 0 Å². The van der Waals surface area contributed by atoms with Crippen molar-refractivity contribution in [1.82, 2.24) is 0 Å². The van der Waals surface area contributed by atoms with Gasteiger partial charge in [0, 0.05) is 24.3 Å². The Hall–Kier alpha value is -2.69. The number of carbonyl (C=O) groups is 2. The molecule has 5 heteroatoms. The summed E-state index contributed by atoms with van der Waals surface area (Å²) in [6, 6.07) is 11.7. The zero-order valence-corrected chi connectivity index (χ0v) is 13.5. The molecule has 0 spiro atoms. The van der Waals surface area contributed by atoms with Crippen molar-refractivity contribution < 1.29 is 14.0 Å². The van der Waals surface area contributed by atoms with E-state index in [1.54, 1.807) is 35.2 Å². The highest BCUT2D eigenvalue weighted by atomic mass is 19.1. The molecule has 4 nitrogen and oxygen atoms in total. The second-order valence-electron chi connectivity index (χ2n) is 5.97. The molecule has 0 aliphatic carbocycles. The van der Waals surface area contributed by atoms with Crippen molar-refractivity contribution in [2.24, 2.45) is 0 Å². The lowest BCUT2D eigenvalue weighted by Crippen LogP contribution is -2.24. The Morgan fingerprint density at radius 1 is 1.25 bits per heavy atom. The van der Waals surface area contributed by atoms with E-state index in [1.807, 2.05) is 13.0 Å². The summed E-state index contributed by atoms with van der Waals surface area (Å²) in [6.07, 6.45) is 1.38. The molecule has 1 aliphatic rings. The van der Waals surface area contributed by atoms with Gasteiger partial charge in [-0.25, -0.2) is 4.39 Å². The van der Waals surface area contributed by atoms with Crippen molar-refractivity contribution in [3.8, 4) is 0 Å². The summed E-state index contributed by atoms with van der Waals surface area (Å²) in [5, 5.41) is 2.78. The number of carbonyl (C=O) groups excluding carboxylic acids is 2. The lowest BCUT2D eigenvalue weighted by molar-refractivity contribution is -0.117. The molecule has 3 rings (SSSR count). The Morgan fingerprint density at radius 2 is 2.04 bits per heavy atom. The van der Waals surface area contributed by atoms with Gasteiger partial charge < -0.3 is 10.2 Å². The normalized spacial score (nSPS) is 14.1. The second-order valence-corrected chi connectivity index (χ2v) is 5.97. The predicted octanol–water partition coefficient (Wildman–Crippen LogP) is 3.44. The summed E-state index contributed by atoms with van der Waals surface area (Å²) in [4.78, 5) is 25.8. The topological polar surface area (TPSA) is 49.4 Å². The SMILES string of the molecule is Cc1ccc(NC(=O)Cc2ccccc2F)cc1N1CCCC1=O. The third-order valence-corrected chi connectivity index (χ3v) is 4.17. The fraction of sp³-hybridized carbons (Fsp3) is 0.263. The molecule has 0 atom stereocenters. The minimum atomic E-state index is -0.389. The van der Waals surface area contributed by atoms with Crippen LogP contribution in [-0.4, -0.2) is 18.4 Å². The van der Waals surface area contributed by atoms with Crippen LogP contribution in [0.2, 0.25) is 0 Å². The number of rotatable bonds is 4. The Labute approximate surface area is 140 Å². The van der Waals surface area contributed by atoms with E-state index in [0.717, 1.165) is 17.7 Å². The quantitative estimate of drug-likeness (QED) is 0.935. The highest BCUT2D eigenvalue weighted by molar-refractivity contribution is 5.98. The van der Waals surface area contributed by atoms with Gasteiger partial charge >= 0.3 is 0 Å². The van der Waals surface area contributed by atoms with E-state index in [1.165, 1.54) is 6.07 Å². The summed E-state index contributed by atoms with van der Waals surface area (Å²) in [5.74, 6) is -0.574. The molecule has 0 radical (unpaired) electrons. The number of nitrogens with one attached hydrogen (secondary N) is 1. The van der Waals surface area contributed by atoms with Crippen molar-refractivity contribution in [3.63, 3.8) is 0 Å². The van der Waals surface area contributed by atoms with Crippen LogP contribution in [0, 0.1) is 12.7 Å². The second kappa shape index (κ2) is 6.83. The zero-order chi connectivity index (χ0) is 17.1. The fourth-order valence-corrected chi connectivity index (χ4v) is 2.90. The molecule has 1 saturated heterocycles. The van der Waals surface area contributed by atoms with Gasteiger partial charge in [-0.05, 0) is 42.7 Å². The fourth-order valence-electron chi connectivity index (χ4n) is 2.90. The molecule has 1 heterocycles. The third kappa shape index (κ3) is 3.45. The molecule has 2 amide bonds. The first-order valence-corrected chi connectivity index (χ1v) is 7.99. The molecule has 24 heavy (non-hydrogen) atoms. The van der Waals surface area contributed by atoms with E-state index >= 15 is 0 Å². The number of hydrogen-bond donors (Lipinski definition) is 1. The van der Waals surface area contributed by atoms with Gasteiger partial charge in [0.2, 0.25) is 11.8 Å². The maximum atomic E-state index is 13.6. The molecule has 1 N–H and O–H groups in total. The summed E-state index contributed by atoms with van der Waals surface area (Å²) >= 11 is 0. The van der Waals surface area contributed by atoms with Crippen LogP contribution >= 0.6 is 0 Å². The standard InChI is InChI=1S/C19H19FN2O2/c1-13-8-9-15(12-17(13)22-10-4-7-19(22)24)21-18(23)11-14-5-2-3-6-16(14)20/h2-3,5-6,8-9,12H,4,7,10-11H2,1H3,(H,21,23). The van der Waals surface area contributed by atoms with Crippen LogP contribution in [0.1, 0.15) is 24.0 Å². The monoisotopic (exact) mass is 326 g/mol. The highest BCUT2D eigenvalue weighted by Gasteiger charge is 2.23. The predicted molar refractivity (Wildman–Crippen MR) is 91.5 cm³/mol. The van der Waals surface area contributed by atoms with Gasteiger partial charge in [0.1, 0.15) is 5.82 Å². The average Bonchev–Trinajstić information content (AvgIpc) is 2.97. The molecule has 0 bridgehead atoms. The van der Waals surface area contributed by atoms with Crippen molar-refractivity contribution in [2.75, 3.05) is 16.8 Å². The lowest BCUT2D eigenvalue weighted by atomic mass is 10.1. The maximum absolute atomic E-state index is 13.6. The summed E-state index contributed by atoms with van der Waals surface area (Å²) in [7, 11) is 0. The highest BCUT2D eigenvalue weighted by Crippen LogP contribution is 2.28. The van der Waals surface area contributed by atoms with E-state index in [2.05, 4.69) is 5.32 Å². The van der Waals surface area contributed by atoms with Crippen molar-refractivity contribution >= 4 is 23.2 Å². The first-order valence-electron chi connectivity index (χ1n) is 7.99. The summed E-state index contributed by atoms with van der Waals surface area (Å²) in [5.41, 5.74) is 2.77. The molecular weight excluding hydrogens is 307 g/mol. The van der Waals surface area contributed by atoms with Gasteiger partial charge in [-0.1, -0.05) is 24.3 Å². The average molecular weight is 326 g/mol. The Morgan fingerprint density at radius 3 is 2.75 bits per heavy atom. The minimum Gasteiger partial charge on any atom is -0.326 e. The van der Waals surface area contributed by atoms with Crippen molar-refractivity contribution in [2.45, 2.75) is 26.2 Å². The van der Waals surface area contributed by atoms with Gasteiger partial charge in [0.15, 0.2) is 0 Å². The third-order valence-electron chi connectivity index (χ3n) is 4.17. The van der Waals surface area contributed by atoms with Crippen molar-refractivity contribution in [1.29, 1.82) is 0 Å². The molecule has 0 saturated carbocycles. The number of anilines is 2. The number of benzene rings is 2. The van der Waals surface area contributed by atoms with Gasteiger partial charge in [-0.15, -0.1) is 0 Å². The summed E-state index contributed by atoms with van der Waals surface area (Å²) < 4.78 is 13.6. The van der Waals surface area contributed by atoms with Crippen LogP contribution in [0.3, 0.4) is 0 Å². The molecule has 0 aromatic heterocycles. The van der Waals surface area contributed by atoms with Crippen LogP contribution in [-0.2, 0) is 16.0 Å². The molecule has 2 aromatic rings. The Balaban J connectivity index is 1.74. The van der Waals surface area contributed by atoms with E-state index in [9.17, 15) is 14.0 Å². The smallest absolute Gasteiger partial charge is 0.228 e. The number of hydrogen-bond acceptors (Lipinski definition) is 2. The Kier molecular flexibility index (Phi) is 4.60. The number of aryl methyl sites for hydroxylation is 1. The van der Waals surface area contributed by atoms with Crippen LogP contribution in [0.4, 0.5) is 15.8 Å². The van der Waals surface area contributed by atoms with Crippen LogP contribution in [0.25, 0.3) is 0 Å². The Bertz CT molecular complexity index is 789. The van der Waals surface area contributed by atoms with Crippen LogP contribution < -0.4 is 10.2 Å². The van der Waals surface area contributed by atoms with Gasteiger partial charge in [0.05, 0.1) is 6.42 Å². The van der Waals surface area contributed by atoms with Gasteiger partial charge in [-0.2, -0.15) is 0 Å². The van der Waals surface area contributed by atoms with Gasteiger partial charge in [0.25, 0.3) is 0 Å². The molecular formula is C19H19FN2O2. The van der Waals surface area contributed by atoms with Crippen LogP contribution in [0.15, 0.2) is 42.5 Å². The molecule has 2 aromatic carbocycles. The van der Waals surface area contributed by atoms with E-state index in [0.29, 0.717) is 24.2 Å². The van der Waals surface area contributed by atoms with Gasteiger partial charge in [-0.3, -0.25) is 9.59 Å². The number of nitrogens with zero attached hydrogens (tertiary/aromatic N) is 1. The molecule has 1 aliphatic heterocycles. The number of halogens is 1. The molecule has 1 fully saturated rings. The van der Waals surface area contributed by atoms with E-state index in [-0.39, 0.29) is 24.1 Å². The zero-order valence-electron chi connectivity index (χ0n) is 13.5. The maximum Gasteiger partial charge on any atom is 0.228 e. The minimum absolute atomic E-state index is 0.0292. The first-order chi connectivity index (χ1) is 11.5. The molecule has 0 unspecified atom stereocenters. The van der Waals surface area contributed by atoms with E-state index < -0.39 is 0 Å². The van der Waals surface area contributed by atoms with Crippen molar-refractivity contribution in [3.05, 3.63) is 59.4 Å². The lowest BCUT2D eigenvalue weighted by Gasteiger charge is -2.19.